The number of esters is 1. The van der Waals surface area contributed by atoms with Gasteiger partial charge in [-0.25, -0.2) is 0 Å². The number of benzene rings is 1. The highest BCUT2D eigenvalue weighted by Gasteiger charge is 2.52. The fraction of sp³-hybridized carbons (Fsp3) is 0.522. The first-order valence-electron chi connectivity index (χ1n) is 10.3. The Morgan fingerprint density at radius 2 is 1.73 bits per heavy atom. The van der Waals surface area contributed by atoms with Gasteiger partial charge < -0.3 is 23.5 Å². The quantitative estimate of drug-likeness (QED) is 0.182. The molecule has 1 saturated heterocycles. The van der Waals surface area contributed by atoms with Gasteiger partial charge in [0.15, 0.2) is 0 Å². The van der Waals surface area contributed by atoms with Crippen molar-refractivity contribution < 1.29 is 28.3 Å². The zero-order valence-corrected chi connectivity index (χ0v) is 18.9. The number of carbonyl (C=O) groups excluding carboxylic acids is 1. The first-order valence-corrected chi connectivity index (χ1v) is 10.3. The molecule has 30 heavy (non-hydrogen) atoms. The van der Waals surface area contributed by atoms with Crippen LogP contribution in [0.5, 0.6) is 5.75 Å². The lowest BCUT2D eigenvalue weighted by molar-refractivity contribution is -0.142. The van der Waals surface area contributed by atoms with E-state index in [0.29, 0.717) is 24.5 Å². The number of para-hydroxylation sites is 1. The monoisotopic (exact) mass is 416 g/mol. The van der Waals surface area contributed by atoms with E-state index in [4.69, 9.17) is 23.5 Å². The van der Waals surface area contributed by atoms with E-state index in [-0.39, 0.29) is 19.2 Å². The summed E-state index contributed by atoms with van der Waals surface area (Å²) in [6, 6.07) is 7.34. The molecule has 164 valence electrons. The van der Waals surface area contributed by atoms with Gasteiger partial charge >= 0.3 is 13.1 Å². The van der Waals surface area contributed by atoms with Crippen LogP contribution in [-0.4, -0.2) is 37.7 Å². The second-order valence-electron chi connectivity index (χ2n) is 8.02. The molecule has 1 aromatic rings. The van der Waals surface area contributed by atoms with Crippen LogP contribution in [0.2, 0.25) is 0 Å². The van der Waals surface area contributed by atoms with Crippen LogP contribution in [-0.2, 0) is 30.0 Å². The van der Waals surface area contributed by atoms with Gasteiger partial charge in [0.1, 0.15) is 5.75 Å². The molecule has 0 radical (unpaired) electrons. The summed E-state index contributed by atoms with van der Waals surface area (Å²) in [6.45, 7) is 16.0. The number of hydrogen-bond donors (Lipinski definition) is 0. The Balaban J connectivity index is 2.08. The minimum absolute atomic E-state index is 0.0140. The summed E-state index contributed by atoms with van der Waals surface area (Å²) in [5, 5.41) is 0. The van der Waals surface area contributed by atoms with Crippen LogP contribution >= 0.6 is 0 Å². The molecule has 0 amide bonds. The molecule has 0 unspecified atom stereocenters. The molecule has 0 spiro atoms. The third-order valence-electron chi connectivity index (χ3n) is 5.43. The summed E-state index contributed by atoms with van der Waals surface area (Å²) in [6.07, 6.45) is 2.47. The van der Waals surface area contributed by atoms with Gasteiger partial charge in [0, 0.05) is 17.5 Å². The average molecular weight is 416 g/mol. The maximum Gasteiger partial charge on any atom is 0.498 e. The Morgan fingerprint density at radius 3 is 2.30 bits per heavy atom. The summed E-state index contributed by atoms with van der Waals surface area (Å²) in [5.74, 6) is 0.974. The molecule has 0 bridgehead atoms. The molecule has 0 saturated carbocycles. The fourth-order valence-corrected chi connectivity index (χ4v) is 3.02. The zero-order chi connectivity index (χ0) is 22.4. The normalized spacial score (nSPS) is 17.9. The van der Waals surface area contributed by atoms with Crippen molar-refractivity contribution in [1.82, 2.24) is 0 Å². The molecule has 2 rings (SSSR count). The van der Waals surface area contributed by atoms with Gasteiger partial charge in [0.2, 0.25) is 6.79 Å². The van der Waals surface area contributed by atoms with E-state index in [2.05, 4.69) is 6.58 Å². The van der Waals surface area contributed by atoms with E-state index >= 15 is 0 Å². The van der Waals surface area contributed by atoms with E-state index in [1.54, 1.807) is 19.1 Å². The van der Waals surface area contributed by atoms with Crippen molar-refractivity contribution in [2.45, 2.75) is 65.6 Å². The van der Waals surface area contributed by atoms with Crippen LogP contribution in [0.3, 0.4) is 0 Å². The molecule has 0 aliphatic carbocycles. The van der Waals surface area contributed by atoms with Crippen LogP contribution in [0.4, 0.5) is 0 Å². The Morgan fingerprint density at radius 1 is 1.10 bits per heavy atom. The highest BCUT2D eigenvalue weighted by molar-refractivity contribution is 6.55. The van der Waals surface area contributed by atoms with Crippen molar-refractivity contribution in [3.63, 3.8) is 0 Å². The van der Waals surface area contributed by atoms with Gasteiger partial charge in [-0.15, -0.1) is 0 Å². The first kappa shape index (κ1) is 24.0. The number of rotatable bonds is 10. The minimum atomic E-state index is -0.557. The van der Waals surface area contributed by atoms with Crippen molar-refractivity contribution in [3.8, 4) is 5.75 Å². The molecule has 7 heteroatoms. The number of carbonyl (C=O) groups is 1. The minimum Gasteiger partial charge on any atom is -0.466 e. The predicted octanol–water partition coefficient (Wildman–Crippen LogP) is 4.63. The van der Waals surface area contributed by atoms with E-state index in [0.717, 1.165) is 11.0 Å². The SMILES string of the molecule is C=C/C(B1OC(C)(C)C(C)(C)O1)=C(\CC)OCOc1ccccc1CC(=O)OCC. The highest BCUT2D eigenvalue weighted by Crippen LogP contribution is 2.39. The van der Waals surface area contributed by atoms with Gasteiger partial charge in [-0.2, -0.15) is 0 Å². The lowest BCUT2D eigenvalue weighted by atomic mass is 9.77. The second-order valence-corrected chi connectivity index (χ2v) is 8.02. The Kier molecular flexibility index (Phi) is 8.15. The van der Waals surface area contributed by atoms with Gasteiger partial charge in [-0.05, 0) is 40.7 Å². The second kappa shape index (κ2) is 10.2. The molecule has 0 atom stereocenters. The van der Waals surface area contributed by atoms with Crippen LogP contribution in [0, 0.1) is 0 Å². The lowest BCUT2D eigenvalue weighted by Crippen LogP contribution is -2.41. The number of hydrogen-bond acceptors (Lipinski definition) is 6. The molecule has 6 nitrogen and oxygen atoms in total. The van der Waals surface area contributed by atoms with Gasteiger partial charge in [0.05, 0.1) is 30.0 Å². The molecule has 1 aliphatic rings. The van der Waals surface area contributed by atoms with E-state index < -0.39 is 18.3 Å². The molecule has 1 fully saturated rings. The number of allylic oxidation sites excluding steroid dienone is 3. The maximum absolute atomic E-state index is 11.8. The van der Waals surface area contributed by atoms with E-state index in [1.165, 1.54) is 0 Å². The van der Waals surface area contributed by atoms with Crippen molar-refractivity contribution >= 4 is 13.1 Å². The largest absolute Gasteiger partial charge is 0.498 e. The van der Waals surface area contributed by atoms with Crippen molar-refractivity contribution in [2.75, 3.05) is 13.4 Å². The summed E-state index contributed by atoms with van der Waals surface area (Å²) in [4.78, 5) is 11.8. The van der Waals surface area contributed by atoms with Gasteiger partial charge in [-0.3, -0.25) is 4.79 Å². The van der Waals surface area contributed by atoms with Gasteiger partial charge in [-0.1, -0.05) is 37.8 Å². The van der Waals surface area contributed by atoms with Crippen molar-refractivity contribution in [3.05, 3.63) is 53.7 Å². The topological polar surface area (TPSA) is 63.2 Å². The van der Waals surface area contributed by atoms with Crippen LogP contribution in [0.1, 0.15) is 53.5 Å². The molecule has 0 N–H and O–H groups in total. The molecule has 1 aromatic carbocycles. The van der Waals surface area contributed by atoms with Crippen LogP contribution < -0.4 is 4.74 Å². The van der Waals surface area contributed by atoms with E-state index in [9.17, 15) is 4.79 Å². The molecule has 0 aromatic heterocycles. The molecule has 1 aliphatic heterocycles. The van der Waals surface area contributed by atoms with E-state index in [1.807, 2.05) is 52.8 Å². The van der Waals surface area contributed by atoms with Crippen LogP contribution in [0.25, 0.3) is 0 Å². The third kappa shape index (κ3) is 5.67. The third-order valence-corrected chi connectivity index (χ3v) is 5.43. The predicted molar refractivity (Wildman–Crippen MR) is 117 cm³/mol. The summed E-state index contributed by atoms with van der Waals surface area (Å²) in [7, 11) is -0.557. The zero-order valence-electron chi connectivity index (χ0n) is 18.9. The number of ether oxygens (including phenoxy) is 3. The van der Waals surface area contributed by atoms with Crippen LogP contribution in [0.15, 0.2) is 48.2 Å². The first-order chi connectivity index (χ1) is 14.1. The fourth-order valence-electron chi connectivity index (χ4n) is 3.02. The Bertz CT molecular complexity index is 768. The highest BCUT2D eigenvalue weighted by atomic mass is 16.7. The van der Waals surface area contributed by atoms with Crippen molar-refractivity contribution in [2.24, 2.45) is 0 Å². The standard InChI is InChI=1S/C23H33BO6/c1-8-18(24-29-22(4,5)23(6,7)30-24)19(9-2)27-16-28-20-14-12-11-13-17(20)15-21(25)26-10-3/h8,11-14H,1,9-10,15-16H2,2-7H3/b19-18-. The average Bonchev–Trinajstić information content (AvgIpc) is 2.89. The maximum atomic E-state index is 11.8. The summed E-state index contributed by atoms with van der Waals surface area (Å²) < 4.78 is 29.0. The summed E-state index contributed by atoms with van der Waals surface area (Å²) in [5.41, 5.74) is 0.594. The summed E-state index contributed by atoms with van der Waals surface area (Å²) >= 11 is 0. The van der Waals surface area contributed by atoms with Crippen molar-refractivity contribution in [1.29, 1.82) is 0 Å². The smallest absolute Gasteiger partial charge is 0.466 e. The Labute approximate surface area is 180 Å². The lowest BCUT2D eigenvalue weighted by Gasteiger charge is -2.32. The molecule has 1 heterocycles. The molecular formula is C23H33BO6. The molecular weight excluding hydrogens is 383 g/mol. The van der Waals surface area contributed by atoms with Gasteiger partial charge in [0.25, 0.3) is 0 Å². The Hall–Kier alpha value is -2.25.